The summed E-state index contributed by atoms with van der Waals surface area (Å²) in [4.78, 5) is 54.1. The van der Waals surface area contributed by atoms with Gasteiger partial charge in [0.1, 0.15) is 6.10 Å². The van der Waals surface area contributed by atoms with E-state index in [4.69, 9.17) is 9.47 Å². The highest BCUT2D eigenvalue weighted by molar-refractivity contribution is 6.18. The van der Waals surface area contributed by atoms with Gasteiger partial charge in [0.25, 0.3) is 0 Å². The van der Waals surface area contributed by atoms with E-state index in [-0.39, 0.29) is 16.7 Å². The van der Waals surface area contributed by atoms with Gasteiger partial charge in [-0.1, -0.05) is 91.0 Å². The van der Waals surface area contributed by atoms with Gasteiger partial charge in [0.2, 0.25) is 23.0 Å². The van der Waals surface area contributed by atoms with Crippen LogP contribution in [-0.2, 0) is 14.3 Å². The number of ether oxygens (including phenoxy) is 2. The molecule has 1 fully saturated rings. The third-order valence-corrected chi connectivity index (χ3v) is 6.34. The lowest BCUT2D eigenvalue weighted by Crippen LogP contribution is -2.74. The van der Waals surface area contributed by atoms with Crippen molar-refractivity contribution < 1.29 is 44.0 Å². The summed E-state index contributed by atoms with van der Waals surface area (Å²) in [5.41, 5.74) is -7.33. The molecule has 0 aromatic heterocycles. The van der Waals surface area contributed by atoms with Crippen molar-refractivity contribution in [3.63, 3.8) is 0 Å². The Kier molecular flexibility index (Phi) is 6.90. The van der Waals surface area contributed by atoms with Crippen molar-refractivity contribution >= 4 is 23.3 Å². The number of aliphatic hydroxyl groups is 3. The number of benzene rings is 3. The number of carbonyl (C=O) groups is 4. The van der Waals surface area contributed by atoms with E-state index < -0.39 is 53.0 Å². The number of hydrogen-bond donors (Lipinski definition) is 3. The summed E-state index contributed by atoms with van der Waals surface area (Å²) in [7, 11) is 0. The molecule has 190 valence electrons. The van der Waals surface area contributed by atoms with E-state index in [0.29, 0.717) is 0 Å². The summed E-state index contributed by atoms with van der Waals surface area (Å²) in [6.45, 7) is -0.217. The average molecular weight is 504 g/mol. The molecule has 0 saturated carbocycles. The minimum Gasteiger partial charge on any atom is -0.421 e. The molecule has 9 heteroatoms. The molecule has 0 aliphatic carbocycles. The van der Waals surface area contributed by atoms with Gasteiger partial charge in [-0.3, -0.25) is 19.2 Å². The number of Topliss-reactive ketones (excluding diaryl/α,β-unsaturated/α-hetero) is 3. The van der Waals surface area contributed by atoms with Crippen molar-refractivity contribution in [1.29, 1.82) is 0 Å². The summed E-state index contributed by atoms with van der Waals surface area (Å²) < 4.78 is 10.9. The SMILES string of the molecule is CC(=O)OC1(C(=O)c2ccccc2)O[C@H](CO)[C@](O)(C(=O)c2ccccc2)[C@]1(O)C(=O)c1ccccc1. The van der Waals surface area contributed by atoms with Crippen LogP contribution in [0.15, 0.2) is 91.0 Å². The lowest BCUT2D eigenvalue weighted by atomic mass is 9.67. The second-order valence-electron chi connectivity index (χ2n) is 8.56. The second kappa shape index (κ2) is 9.79. The van der Waals surface area contributed by atoms with Crippen LogP contribution in [0.5, 0.6) is 0 Å². The van der Waals surface area contributed by atoms with Gasteiger partial charge in [-0.2, -0.15) is 0 Å². The van der Waals surface area contributed by atoms with Crippen LogP contribution in [0.4, 0.5) is 0 Å². The smallest absolute Gasteiger partial charge is 0.318 e. The van der Waals surface area contributed by atoms with E-state index in [1.165, 1.54) is 72.8 Å². The van der Waals surface area contributed by atoms with Crippen molar-refractivity contribution in [2.45, 2.75) is 30.0 Å². The van der Waals surface area contributed by atoms with E-state index >= 15 is 0 Å². The largest absolute Gasteiger partial charge is 0.421 e. The predicted octanol–water partition coefficient (Wildman–Crippen LogP) is 1.75. The van der Waals surface area contributed by atoms with Crippen molar-refractivity contribution in [2.75, 3.05) is 6.61 Å². The number of hydrogen-bond acceptors (Lipinski definition) is 9. The summed E-state index contributed by atoms with van der Waals surface area (Å²) in [5.74, 6) is -8.17. The van der Waals surface area contributed by atoms with Gasteiger partial charge >= 0.3 is 11.8 Å². The third-order valence-electron chi connectivity index (χ3n) is 6.34. The Balaban J connectivity index is 2.07. The van der Waals surface area contributed by atoms with Crippen LogP contribution in [0, 0.1) is 0 Å². The fourth-order valence-electron chi connectivity index (χ4n) is 4.61. The first kappa shape index (κ1) is 26.1. The Morgan fingerprint density at radius 1 is 0.730 bits per heavy atom. The molecule has 9 nitrogen and oxygen atoms in total. The maximum atomic E-state index is 14.0. The van der Waals surface area contributed by atoms with Gasteiger partial charge in [0, 0.05) is 23.6 Å². The van der Waals surface area contributed by atoms with Crippen molar-refractivity contribution in [1.82, 2.24) is 0 Å². The van der Waals surface area contributed by atoms with Gasteiger partial charge in [-0.05, 0) is 0 Å². The topological polar surface area (TPSA) is 147 Å². The maximum absolute atomic E-state index is 14.0. The molecule has 0 amide bonds. The Labute approximate surface area is 211 Å². The Morgan fingerprint density at radius 3 is 1.54 bits per heavy atom. The lowest BCUT2D eigenvalue weighted by molar-refractivity contribution is -0.238. The van der Waals surface area contributed by atoms with Crippen molar-refractivity contribution in [3.05, 3.63) is 108 Å². The molecular weight excluding hydrogens is 480 g/mol. The van der Waals surface area contributed by atoms with Crippen LogP contribution < -0.4 is 0 Å². The third kappa shape index (κ3) is 3.89. The fourth-order valence-corrected chi connectivity index (χ4v) is 4.61. The minimum absolute atomic E-state index is 0.155. The van der Waals surface area contributed by atoms with Crippen LogP contribution in [0.25, 0.3) is 0 Å². The molecule has 0 bridgehead atoms. The van der Waals surface area contributed by atoms with E-state index in [9.17, 15) is 34.5 Å². The fraction of sp³-hybridized carbons (Fsp3) is 0.214. The van der Waals surface area contributed by atoms with Crippen LogP contribution in [0.1, 0.15) is 38.0 Å². The van der Waals surface area contributed by atoms with Crippen LogP contribution in [0.2, 0.25) is 0 Å². The molecule has 1 saturated heterocycles. The van der Waals surface area contributed by atoms with Crippen molar-refractivity contribution in [2.24, 2.45) is 0 Å². The molecule has 1 aliphatic rings. The van der Waals surface area contributed by atoms with Crippen LogP contribution >= 0.6 is 0 Å². The van der Waals surface area contributed by atoms with Gasteiger partial charge in [0.05, 0.1) is 6.61 Å². The number of carbonyl (C=O) groups excluding carboxylic acids is 4. The Morgan fingerprint density at radius 2 is 1.14 bits per heavy atom. The zero-order valence-electron chi connectivity index (χ0n) is 19.7. The van der Waals surface area contributed by atoms with Crippen LogP contribution in [0.3, 0.4) is 0 Å². The molecule has 0 radical (unpaired) electrons. The van der Waals surface area contributed by atoms with E-state index in [1.54, 1.807) is 18.2 Å². The van der Waals surface area contributed by atoms with Gasteiger partial charge < -0.3 is 24.8 Å². The molecular formula is C28H24O9. The highest BCUT2D eigenvalue weighted by atomic mass is 16.8. The zero-order valence-corrected chi connectivity index (χ0v) is 19.7. The molecule has 4 atom stereocenters. The second-order valence-corrected chi connectivity index (χ2v) is 8.56. The average Bonchev–Trinajstić information content (AvgIpc) is 3.13. The van der Waals surface area contributed by atoms with Gasteiger partial charge in [0.15, 0.2) is 5.60 Å². The molecule has 4 rings (SSSR count). The summed E-state index contributed by atoms with van der Waals surface area (Å²) >= 11 is 0. The Bertz CT molecular complexity index is 1330. The molecule has 0 spiro atoms. The summed E-state index contributed by atoms with van der Waals surface area (Å²) in [6, 6.07) is 21.4. The standard InChI is InChI=1S/C28H24O9/c1-18(30)36-28(25(33)21-15-9-4-10-16-21)27(35,24(32)20-13-7-3-8-14-20)26(34,22(17-29)37-28)23(31)19-11-5-2-6-12-19/h2-16,22,29,34-35H,17H2,1H3/t22-,26+,27-,28?/m1/s1. The molecule has 3 aromatic carbocycles. The number of esters is 1. The molecule has 3 N–H and O–H groups in total. The Hall–Kier alpha value is -4.02. The zero-order chi connectivity index (χ0) is 26.8. The summed E-state index contributed by atoms with van der Waals surface area (Å²) in [5, 5.41) is 34.5. The van der Waals surface area contributed by atoms with Gasteiger partial charge in [-0.25, -0.2) is 0 Å². The number of ketones is 3. The molecule has 1 aliphatic heterocycles. The first-order valence-electron chi connectivity index (χ1n) is 11.4. The maximum Gasteiger partial charge on any atom is 0.318 e. The quantitative estimate of drug-likeness (QED) is 0.308. The first-order valence-corrected chi connectivity index (χ1v) is 11.4. The van der Waals surface area contributed by atoms with E-state index in [1.807, 2.05) is 0 Å². The first-order chi connectivity index (χ1) is 17.6. The number of rotatable bonds is 8. The van der Waals surface area contributed by atoms with Crippen molar-refractivity contribution in [3.8, 4) is 0 Å². The molecule has 1 heterocycles. The lowest BCUT2D eigenvalue weighted by Gasteiger charge is -2.42. The van der Waals surface area contributed by atoms with Crippen LogP contribution in [-0.4, -0.2) is 68.3 Å². The van der Waals surface area contributed by atoms with Gasteiger partial charge in [-0.15, -0.1) is 0 Å². The summed E-state index contributed by atoms with van der Waals surface area (Å²) in [6.07, 6.45) is -2.05. The van der Waals surface area contributed by atoms with E-state index in [0.717, 1.165) is 6.92 Å². The number of aliphatic hydroxyl groups excluding tert-OH is 1. The highest BCUT2D eigenvalue weighted by Gasteiger charge is 2.84. The van der Waals surface area contributed by atoms with E-state index in [2.05, 4.69) is 0 Å². The normalized spacial score (nSPS) is 26.9. The molecule has 3 aromatic rings. The molecule has 37 heavy (non-hydrogen) atoms. The molecule has 1 unspecified atom stereocenters. The predicted molar refractivity (Wildman–Crippen MR) is 129 cm³/mol. The highest BCUT2D eigenvalue weighted by Crippen LogP contribution is 2.52. The minimum atomic E-state index is -3.53. The monoisotopic (exact) mass is 504 g/mol.